The first-order chi connectivity index (χ1) is 11.2. The summed E-state index contributed by atoms with van der Waals surface area (Å²) in [4.78, 5) is 27.2. The van der Waals surface area contributed by atoms with Crippen molar-refractivity contribution in [2.24, 2.45) is 0 Å². The van der Waals surface area contributed by atoms with Crippen LogP contribution in [0.25, 0.3) is 0 Å². The molecule has 0 radical (unpaired) electrons. The van der Waals surface area contributed by atoms with Crippen molar-refractivity contribution < 1.29 is 9.32 Å². The molecule has 2 aromatic heterocycles. The molecule has 0 aliphatic carbocycles. The summed E-state index contributed by atoms with van der Waals surface area (Å²) in [5, 5.41) is 4.11. The molecule has 122 valence electrons. The third-order valence-electron chi connectivity index (χ3n) is 4.05. The number of rotatable bonds is 3. The second-order valence-corrected chi connectivity index (χ2v) is 6.10. The van der Waals surface area contributed by atoms with Gasteiger partial charge in [-0.2, -0.15) is 4.98 Å². The molecule has 0 saturated carbocycles. The molecule has 3 rings (SSSR count). The number of amides is 1. The Labute approximate surface area is 135 Å². The van der Waals surface area contributed by atoms with Gasteiger partial charge < -0.3 is 9.42 Å². The smallest absolute Gasteiger partial charge is 0.274 e. The minimum atomic E-state index is -0.164. The maximum absolute atomic E-state index is 12.8. The summed E-state index contributed by atoms with van der Waals surface area (Å²) >= 11 is 0. The van der Waals surface area contributed by atoms with Gasteiger partial charge in [-0.25, -0.2) is 4.98 Å². The van der Waals surface area contributed by atoms with E-state index >= 15 is 0 Å². The van der Waals surface area contributed by atoms with E-state index in [0.717, 1.165) is 25.7 Å². The van der Waals surface area contributed by atoms with Crippen molar-refractivity contribution >= 4 is 5.91 Å². The summed E-state index contributed by atoms with van der Waals surface area (Å²) in [5.74, 6) is 1.25. The first-order valence-corrected chi connectivity index (χ1v) is 8.07. The number of likely N-dealkylation sites (tertiary alicyclic amines) is 1. The van der Waals surface area contributed by atoms with E-state index in [1.807, 2.05) is 18.7 Å². The van der Waals surface area contributed by atoms with Crippen LogP contribution in [-0.2, 0) is 0 Å². The molecule has 7 nitrogen and oxygen atoms in total. The average Bonchev–Trinajstić information content (AvgIpc) is 2.94. The summed E-state index contributed by atoms with van der Waals surface area (Å²) in [6, 6.07) is -0.164. The van der Waals surface area contributed by atoms with Gasteiger partial charge in [0.2, 0.25) is 5.89 Å². The van der Waals surface area contributed by atoms with Crippen molar-refractivity contribution in [3.63, 3.8) is 0 Å². The molecule has 2 aromatic rings. The summed E-state index contributed by atoms with van der Waals surface area (Å²) in [6.07, 6.45) is 8.53. The van der Waals surface area contributed by atoms with E-state index in [0.29, 0.717) is 24.0 Å². The predicted molar refractivity (Wildman–Crippen MR) is 82.7 cm³/mol. The molecule has 23 heavy (non-hydrogen) atoms. The highest BCUT2D eigenvalue weighted by molar-refractivity contribution is 5.92. The summed E-state index contributed by atoms with van der Waals surface area (Å²) < 4.78 is 5.33. The van der Waals surface area contributed by atoms with Crippen LogP contribution in [0.5, 0.6) is 0 Å². The quantitative estimate of drug-likeness (QED) is 0.865. The van der Waals surface area contributed by atoms with Crippen LogP contribution in [0.4, 0.5) is 0 Å². The average molecular weight is 315 g/mol. The summed E-state index contributed by atoms with van der Waals surface area (Å²) in [7, 11) is 0. The van der Waals surface area contributed by atoms with Gasteiger partial charge in [-0.05, 0) is 12.8 Å². The van der Waals surface area contributed by atoms with Gasteiger partial charge in [0.15, 0.2) is 5.82 Å². The lowest BCUT2D eigenvalue weighted by molar-refractivity contribution is 0.0663. The normalized spacial score (nSPS) is 18.9. The van der Waals surface area contributed by atoms with Crippen LogP contribution in [0.3, 0.4) is 0 Å². The van der Waals surface area contributed by atoms with Crippen LogP contribution in [0, 0.1) is 0 Å². The highest BCUT2D eigenvalue weighted by atomic mass is 16.5. The Morgan fingerprint density at radius 3 is 2.87 bits per heavy atom. The van der Waals surface area contributed by atoms with E-state index in [1.165, 1.54) is 12.4 Å². The van der Waals surface area contributed by atoms with Crippen molar-refractivity contribution in [2.75, 3.05) is 6.54 Å². The molecule has 0 aromatic carbocycles. The molecule has 0 N–H and O–H groups in total. The van der Waals surface area contributed by atoms with Crippen LogP contribution < -0.4 is 0 Å². The van der Waals surface area contributed by atoms with Crippen molar-refractivity contribution in [3.8, 4) is 0 Å². The first kappa shape index (κ1) is 15.6. The van der Waals surface area contributed by atoms with Crippen molar-refractivity contribution in [1.82, 2.24) is 25.0 Å². The van der Waals surface area contributed by atoms with Crippen LogP contribution >= 0.6 is 0 Å². The lowest BCUT2D eigenvalue weighted by Gasteiger charge is -2.27. The highest BCUT2D eigenvalue weighted by Crippen LogP contribution is 2.30. The maximum Gasteiger partial charge on any atom is 0.274 e. The van der Waals surface area contributed by atoms with Crippen molar-refractivity contribution in [2.45, 2.75) is 51.5 Å². The predicted octanol–water partition coefficient (Wildman–Crippen LogP) is 2.74. The van der Waals surface area contributed by atoms with Gasteiger partial charge in [-0.1, -0.05) is 31.8 Å². The van der Waals surface area contributed by atoms with Crippen LogP contribution in [0.1, 0.15) is 73.7 Å². The third kappa shape index (κ3) is 3.38. The van der Waals surface area contributed by atoms with Gasteiger partial charge in [0, 0.05) is 24.9 Å². The van der Waals surface area contributed by atoms with E-state index in [9.17, 15) is 4.79 Å². The Balaban J connectivity index is 1.89. The van der Waals surface area contributed by atoms with Crippen LogP contribution in [0.15, 0.2) is 23.1 Å². The third-order valence-corrected chi connectivity index (χ3v) is 4.05. The number of aromatic nitrogens is 4. The molecule has 1 atom stereocenters. The minimum absolute atomic E-state index is 0.124. The molecule has 1 aliphatic rings. The fourth-order valence-corrected chi connectivity index (χ4v) is 2.79. The summed E-state index contributed by atoms with van der Waals surface area (Å²) in [5.41, 5.74) is 0.354. The molecule has 0 unspecified atom stereocenters. The Kier molecular flexibility index (Phi) is 4.64. The molecule has 1 fully saturated rings. The standard InChI is InChI=1S/C16H21N5O2/c1-11(2)15-19-14(20-23-15)13-6-4-3-5-9-21(13)16(22)12-10-17-7-8-18-12/h7-8,10-11,13H,3-6,9H2,1-2H3/t13-/m1/s1. The molecule has 0 bridgehead atoms. The van der Waals surface area contributed by atoms with E-state index in [4.69, 9.17) is 4.52 Å². The Bertz CT molecular complexity index is 656. The zero-order chi connectivity index (χ0) is 16.2. The van der Waals surface area contributed by atoms with E-state index < -0.39 is 0 Å². The molecule has 7 heteroatoms. The second-order valence-electron chi connectivity index (χ2n) is 6.10. The van der Waals surface area contributed by atoms with Crippen molar-refractivity contribution in [1.29, 1.82) is 0 Å². The SMILES string of the molecule is CC(C)c1nc([C@H]2CCCCCN2C(=O)c2cnccn2)no1. The minimum Gasteiger partial charge on any atom is -0.339 e. The first-order valence-electron chi connectivity index (χ1n) is 8.07. The molecule has 0 spiro atoms. The maximum atomic E-state index is 12.8. The topological polar surface area (TPSA) is 85.0 Å². The number of hydrogen-bond acceptors (Lipinski definition) is 6. The number of hydrogen-bond donors (Lipinski definition) is 0. The van der Waals surface area contributed by atoms with E-state index in [2.05, 4.69) is 20.1 Å². The van der Waals surface area contributed by atoms with Gasteiger partial charge >= 0.3 is 0 Å². The molecular weight excluding hydrogens is 294 g/mol. The molecular formula is C16H21N5O2. The molecule has 1 saturated heterocycles. The Morgan fingerprint density at radius 2 is 2.17 bits per heavy atom. The number of carbonyl (C=O) groups is 1. The fraction of sp³-hybridized carbons (Fsp3) is 0.562. The lowest BCUT2D eigenvalue weighted by atomic mass is 10.1. The van der Waals surface area contributed by atoms with Gasteiger partial charge in [-0.3, -0.25) is 9.78 Å². The zero-order valence-electron chi connectivity index (χ0n) is 13.5. The van der Waals surface area contributed by atoms with Crippen LogP contribution in [0.2, 0.25) is 0 Å². The van der Waals surface area contributed by atoms with Gasteiger partial charge in [0.1, 0.15) is 5.69 Å². The Morgan fingerprint density at radius 1 is 1.30 bits per heavy atom. The molecule has 1 aliphatic heterocycles. The zero-order valence-corrected chi connectivity index (χ0v) is 13.5. The van der Waals surface area contributed by atoms with E-state index in [-0.39, 0.29) is 17.9 Å². The molecule has 1 amide bonds. The second kappa shape index (κ2) is 6.85. The van der Waals surface area contributed by atoms with E-state index in [1.54, 1.807) is 6.20 Å². The van der Waals surface area contributed by atoms with Gasteiger partial charge in [0.05, 0.1) is 12.2 Å². The Hall–Kier alpha value is -2.31. The highest BCUT2D eigenvalue weighted by Gasteiger charge is 2.31. The molecule has 3 heterocycles. The largest absolute Gasteiger partial charge is 0.339 e. The van der Waals surface area contributed by atoms with Gasteiger partial charge in [0.25, 0.3) is 5.91 Å². The van der Waals surface area contributed by atoms with Crippen LogP contribution in [-0.4, -0.2) is 37.5 Å². The lowest BCUT2D eigenvalue weighted by Crippen LogP contribution is -2.36. The monoisotopic (exact) mass is 315 g/mol. The van der Waals surface area contributed by atoms with Gasteiger partial charge in [-0.15, -0.1) is 0 Å². The fourth-order valence-electron chi connectivity index (χ4n) is 2.79. The number of nitrogens with zero attached hydrogens (tertiary/aromatic N) is 5. The summed E-state index contributed by atoms with van der Waals surface area (Å²) in [6.45, 7) is 4.69. The number of carbonyl (C=O) groups excluding carboxylic acids is 1. The van der Waals surface area contributed by atoms with Crippen molar-refractivity contribution in [3.05, 3.63) is 36.0 Å².